The van der Waals surface area contributed by atoms with Crippen molar-refractivity contribution in [2.75, 3.05) is 47.3 Å². The van der Waals surface area contributed by atoms with Crippen molar-refractivity contribution >= 4 is 17.8 Å². The first-order valence-corrected chi connectivity index (χ1v) is 10.2. The van der Waals surface area contributed by atoms with Gasteiger partial charge in [0.25, 0.3) is 0 Å². The maximum Gasteiger partial charge on any atom is 0.326 e. The second kappa shape index (κ2) is 14.5. The number of aryl methyl sites for hydroxylation is 1. The van der Waals surface area contributed by atoms with Crippen LogP contribution in [-0.2, 0) is 20.8 Å². The summed E-state index contributed by atoms with van der Waals surface area (Å²) in [5.41, 5.74) is 1.00. The van der Waals surface area contributed by atoms with Crippen LogP contribution in [0.5, 0.6) is 0 Å². The average Bonchev–Trinajstić information content (AvgIpc) is 2.75. The standard InChI is InChI=1S/C21H35N5O4/c1-22-11-13-26(14-12-23-2)19(27)15-18(24-3)20(28)25-17(21(29)30)10-9-16-7-5-4-6-8-16/h4-8,17-18,22-24H,9-15H2,1-3H3,(H,25,28)(H,29,30)/t17-,18-/m0/s1. The van der Waals surface area contributed by atoms with Gasteiger partial charge >= 0.3 is 5.97 Å². The third kappa shape index (κ3) is 9.34. The zero-order valence-corrected chi connectivity index (χ0v) is 18.1. The van der Waals surface area contributed by atoms with Gasteiger partial charge in [-0.3, -0.25) is 9.59 Å². The lowest BCUT2D eigenvalue weighted by Crippen LogP contribution is -2.51. The summed E-state index contributed by atoms with van der Waals surface area (Å²) in [5, 5.41) is 20.9. The molecule has 9 heteroatoms. The van der Waals surface area contributed by atoms with E-state index in [1.165, 1.54) is 0 Å². The molecule has 0 aromatic heterocycles. The summed E-state index contributed by atoms with van der Waals surface area (Å²) in [4.78, 5) is 38.6. The zero-order chi connectivity index (χ0) is 22.4. The summed E-state index contributed by atoms with van der Waals surface area (Å²) in [6.07, 6.45) is 0.760. The van der Waals surface area contributed by atoms with Gasteiger partial charge in [-0.15, -0.1) is 0 Å². The monoisotopic (exact) mass is 421 g/mol. The molecule has 5 N–H and O–H groups in total. The number of nitrogens with one attached hydrogen (secondary N) is 4. The molecule has 0 aliphatic carbocycles. The Morgan fingerprint density at radius 3 is 2.07 bits per heavy atom. The Morgan fingerprint density at radius 1 is 0.967 bits per heavy atom. The molecule has 0 aliphatic rings. The molecule has 168 valence electrons. The van der Waals surface area contributed by atoms with E-state index in [4.69, 9.17) is 0 Å². The lowest BCUT2D eigenvalue weighted by Gasteiger charge is -2.25. The summed E-state index contributed by atoms with van der Waals surface area (Å²) in [6.45, 7) is 2.35. The van der Waals surface area contributed by atoms with Gasteiger partial charge in [-0.25, -0.2) is 4.79 Å². The minimum atomic E-state index is -1.09. The van der Waals surface area contributed by atoms with Crippen molar-refractivity contribution < 1.29 is 19.5 Å². The van der Waals surface area contributed by atoms with Gasteiger partial charge in [-0.1, -0.05) is 30.3 Å². The largest absolute Gasteiger partial charge is 0.480 e. The fraction of sp³-hybridized carbons (Fsp3) is 0.571. The van der Waals surface area contributed by atoms with E-state index in [1.54, 1.807) is 11.9 Å². The van der Waals surface area contributed by atoms with Gasteiger partial charge < -0.3 is 31.3 Å². The smallest absolute Gasteiger partial charge is 0.326 e. The van der Waals surface area contributed by atoms with Crippen LogP contribution in [0, 0.1) is 0 Å². The second-order valence-electron chi connectivity index (χ2n) is 7.06. The summed E-state index contributed by atoms with van der Waals surface area (Å²) in [7, 11) is 5.21. The van der Waals surface area contributed by atoms with Crippen molar-refractivity contribution in [3.8, 4) is 0 Å². The molecule has 0 saturated heterocycles. The number of carboxylic acid groups (broad SMARTS) is 1. The topological polar surface area (TPSA) is 123 Å². The first-order chi connectivity index (χ1) is 14.4. The maximum absolute atomic E-state index is 12.7. The van der Waals surface area contributed by atoms with E-state index in [-0.39, 0.29) is 18.7 Å². The van der Waals surface area contributed by atoms with E-state index in [2.05, 4.69) is 21.3 Å². The van der Waals surface area contributed by atoms with Crippen molar-refractivity contribution in [3.63, 3.8) is 0 Å². The quantitative estimate of drug-likeness (QED) is 0.257. The highest BCUT2D eigenvalue weighted by Crippen LogP contribution is 2.07. The Balaban J connectivity index is 2.68. The third-order valence-corrected chi connectivity index (χ3v) is 4.84. The maximum atomic E-state index is 12.7. The minimum absolute atomic E-state index is 0.0409. The molecule has 0 bridgehead atoms. The van der Waals surface area contributed by atoms with E-state index in [0.29, 0.717) is 32.6 Å². The number of amides is 2. The Bertz CT molecular complexity index is 648. The summed E-state index contributed by atoms with van der Waals surface area (Å²) >= 11 is 0. The van der Waals surface area contributed by atoms with E-state index in [1.807, 2.05) is 44.4 Å². The number of hydrogen-bond acceptors (Lipinski definition) is 6. The van der Waals surface area contributed by atoms with Crippen LogP contribution in [0.25, 0.3) is 0 Å². The first kappa shape index (κ1) is 25.5. The predicted octanol–water partition coefficient (Wildman–Crippen LogP) is -0.566. The van der Waals surface area contributed by atoms with Crippen molar-refractivity contribution in [2.24, 2.45) is 0 Å². The molecule has 0 aliphatic heterocycles. The summed E-state index contributed by atoms with van der Waals surface area (Å²) in [5.74, 6) is -1.75. The van der Waals surface area contributed by atoms with Gasteiger partial charge in [0.1, 0.15) is 6.04 Å². The van der Waals surface area contributed by atoms with E-state index in [9.17, 15) is 19.5 Å². The molecule has 30 heavy (non-hydrogen) atoms. The normalized spacial score (nSPS) is 12.8. The number of rotatable bonds is 15. The Kier molecular flexibility index (Phi) is 12.3. The molecule has 0 saturated carbocycles. The zero-order valence-electron chi connectivity index (χ0n) is 18.1. The van der Waals surface area contributed by atoms with Crippen LogP contribution in [0.2, 0.25) is 0 Å². The van der Waals surface area contributed by atoms with Crippen LogP contribution in [0.1, 0.15) is 18.4 Å². The summed E-state index contributed by atoms with van der Waals surface area (Å²) < 4.78 is 0. The molecule has 9 nitrogen and oxygen atoms in total. The second-order valence-corrected chi connectivity index (χ2v) is 7.06. The molecule has 0 fully saturated rings. The van der Waals surface area contributed by atoms with Crippen LogP contribution < -0.4 is 21.3 Å². The molecule has 1 aromatic carbocycles. The van der Waals surface area contributed by atoms with E-state index >= 15 is 0 Å². The Hall–Kier alpha value is -2.49. The van der Waals surface area contributed by atoms with E-state index in [0.717, 1.165) is 5.56 Å². The number of carbonyl (C=O) groups is 3. The molecule has 1 aromatic rings. The first-order valence-electron chi connectivity index (χ1n) is 10.2. The predicted molar refractivity (Wildman–Crippen MR) is 116 cm³/mol. The van der Waals surface area contributed by atoms with Crippen molar-refractivity contribution in [1.82, 2.24) is 26.2 Å². The number of carboxylic acids is 1. The molecule has 0 heterocycles. The number of likely N-dealkylation sites (N-methyl/N-ethyl adjacent to an activating group) is 3. The Labute approximate surface area is 178 Å². The molecule has 2 atom stereocenters. The fourth-order valence-corrected chi connectivity index (χ4v) is 2.97. The van der Waals surface area contributed by atoms with E-state index < -0.39 is 24.0 Å². The number of carbonyl (C=O) groups excluding carboxylic acids is 2. The van der Waals surface area contributed by atoms with Crippen LogP contribution in [0.4, 0.5) is 0 Å². The van der Waals surface area contributed by atoms with Crippen LogP contribution >= 0.6 is 0 Å². The van der Waals surface area contributed by atoms with Gasteiger partial charge in [-0.2, -0.15) is 0 Å². The van der Waals surface area contributed by atoms with Crippen LogP contribution in [0.3, 0.4) is 0 Å². The molecule has 0 unspecified atom stereocenters. The number of nitrogens with zero attached hydrogens (tertiary/aromatic N) is 1. The lowest BCUT2D eigenvalue weighted by atomic mass is 10.0. The number of benzene rings is 1. The minimum Gasteiger partial charge on any atom is -0.480 e. The Morgan fingerprint density at radius 2 is 1.57 bits per heavy atom. The molecule has 0 radical (unpaired) electrons. The SMILES string of the molecule is CNCCN(CCNC)C(=O)C[C@H](NC)C(=O)N[C@@H](CCc1ccccc1)C(=O)O. The van der Waals surface area contributed by atoms with Crippen LogP contribution in [-0.4, -0.2) is 87.2 Å². The van der Waals surface area contributed by atoms with Crippen molar-refractivity contribution in [1.29, 1.82) is 0 Å². The number of aliphatic carboxylic acids is 1. The van der Waals surface area contributed by atoms with Gasteiger partial charge in [0.15, 0.2) is 0 Å². The molecule has 2 amide bonds. The highest BCUT2D eigenvalue weighted by Gasteiger charge is 2.27. The van der Waals surface area contributed by atoms with Crippen molar-refractivity contribution in [3.05, 3.63) is 35.9 Å². The fourth-order valence-electron chi connectivity index (χ4n) is 2.97. The molecule has 0 spiro atoms. The highest BCUT2D eigenvalue weighted by atomic mass is 16.4. The summed E-state index contributed by atoms with van der Waals surface area (Å²) in [6, 6.07) is 7.68. The van der Waals surface area contributed by atoms with Gasteiger partial charge in [0.2, 0.25) is 11.8 Å². The third-order valence-electron chi connectivity index (χ3n) is 4.84. The van der Waals surface area contributed by atoms with Crippen LogP contribution in [0.15, 0.2) is 30.3 Å². The van der Waals surface area contributed by atoms with Gasteiger partial charge in [0, 0.05) is 26.2 Å². The molecular weight excluding hydrogens is 386 g/mol. The average molecular weight is 422 g/mol. The van der Waals surface area contributed by atoms with Gasteiger partial charge in [-0.05, 0) is 39.5 Å². The lowest BCUT2D eigenvalue weighted by molar-refractivity contribution is -0.142. The van der Waals surface area contributed by atoms with Gasteiger partial charge in [0.05, 0.1) is 12.5 Å². The molecule has 1 rings (SSSR count). The highest BCUT2D eigenvalue weighted by molar-refractivity contribution is 5.91. The van der Waals surface area contributed by atoms with Crippen molar-refractivity contribution in [2.45, 2.75) is 31.3 Å². The number of hydrogen-bond donors (Lipinski definition) is 5. The molecular formula is C21H35N5O4.